The molecule has 4 rings (SSSR count). The lowest BCUT2D eigenvalue weighted by Crippen LogP contribution is -2.71. The first kappa shape index (κ1) is 39.7. The van der Waals surface area contributed by atoms with Crippen LogP contribution in [0, 0.1) is 0 Å². The lowest BCUT2D eigenvalue weighted by molar-refractivity contribution is -0.689. The number of rotatable bonds is 15. The number of nitrogens with zero attached hydrogens (tertiary/aromatic N) is 3. The molecule has 5 N–H and O–H groups in total. The average molecular weight is 744 g/mol. The number of aliphatic carboxylic acids is 2. The summed E-state index contributed by atoms with van der Waals surface area (Å²) in [4.78, 5) is 68.5. The fraction of sp³-hybridized carbons (Fsp3) is 0.467. The van der Waals surface area contributed by atoms with Gasteiger partial charge in [0.2, 0.25) is 5.71 Å². The van der Waals surface area contributed by atoms with Crippen molar-refractivity contribution < 1.29 is 61.7 Å². The van der Waals surface area contributed by atoms with Crippen LogP contribution in [0.1, 0.15) is 61.5 Å². The number of carboxylic acids is 2. The first-order valence-electron chi connectivity index (χ1n) is 15.3. The molecule has 0 aromatic carbocycles. The summed E-state index contributed by atoms with van der Waals surface area (Å²) in [6.45, 7) is 2.90. The zero-order valence-electron chi connectivity index (χ0n) is 27.0. The number of nitrogen functional groups attached to an aromatic ring is 1. The summed E-state index contributed by atoms with van der Waals surface area (Å²) < 4.78 is 33.3. The second-order valence-electron chi connectivity index (χ2n) is 10.9. The van der Waals surface area contributed by atoms with Crippen LogP contribution < -0.4 is 36.1 Å². The zero-order valence-corrected chi connectivity index (χ0v) is 28.7. The van der Waals surface area contributed by atoms with Gasteiger partial charge in [-0.25, -0.2) is 9.55 Å². The van der Waals surface area contributed by atoms with Crippen molar-refractivity contribution in [3.63, 3.8) is 0 Å². The van der Waals surface area contributed by atoms with Gasteiger partial charge in [0.1, 0.15) is 30.1 Å². The number of pyridine rings is 1. The topological polar surface area (TPSA) is 224 Å². The number of carboxylic acid groups (broad SMARTS) is 2. The van der Waals surface area contributed by atoms with E-state index in [1.807, 2.05) is 0 Å². The monoisotopic (exact) mass is 743 g/mol. The Morgan fingerprint density at radius 1 is 1.18 bits per heavy atom. The number of thiazole rings is 1. The highest BCUT2D eigenvalue weighted by Crippen LogP contribution is 2.40. The molecule has 50 heavy (non-hydrogen) atoms. The van der Waals surface area contributed by atoms with Crippen molar-refractivity contribution in [2.75, 3.05) is 25.1 Å². The molecule has 0 spiro atoms. The van der Waals surface area contributed by atoms with Gasteiger partial charge in [-0.3, -0.25) is 25.0 Å². The number of thioether (sulfide) groups is 1. The molecule has 0 radical (unpaired) electrons. The van der Waals surface area contributed by atoms with Crippen molar-refractivity contribution in [2.45, 2.75) is 69.6 Å². The van der Waals surface area contributed by atoms with Gasteiger partial charge in [-0.05, 0) is 12.5 Å². The number of halogens is 3. The van der Waals surface area contributed by atoms with Crippen molar-refractivity contribution in [1.82, 2.24) is 15.5 Å². The molecule has 2 aliphatic heterocycles. The van der Waals surface area contributed by atoms with E-state index < -0.39 is 41.3 Å². The molecule has 0 unspecified atom stereocenters. The number of hydrogen-bond donors (Lipinski definition) is 3. The average Bonchev–Trinajstić information content (AvgIpc) is 3.50. The van der Waals surface area contributed by atoms with E-state index in [1.165, 1.54) is 49.5 Å². The number of nitrogens with one attached hydrogen (secondary N) is 3. The third kappa shape index (κ3) is 10.6. The number of amides is 3. The van der Waals surface area contributed by atoms with Crippen LogP contribution in [0.25, 0.3) is 0 Å². The molecule has 2 aromatic heterocycles. The van der Waals surface area contributed by atoms with Crippen LogP contribution in [0.4, 0.5) is 18.3 Å². The van der Waals surface area contributed by atoms with Crippen LogP contribution in [-0.4, -0.2) is 77.3 Å². The largest absolute Gasteiger partial charge is 0.543 e. The maximum Gasteiger partial charge on any atom is 0.430 e. The molecule has 272 valence electrons. The minimum atomic E-state index is -5.19. The van der Waals surface area contributed by atoms with Gasteiger partial charge in [-0.1, -0.05) is 55.5 Å². The quantitative estimate of drug-likeness (QED) is 0.0682. The lowest BCUT2D eigenvalue weighted by atomic mass is 10.0. The van der Waals surface area contributed by atoms with Gasteiger partial charge < -0.3 is 35.3 Å². The van der Waals surface area contributed by atoms with E-state index >= 15 is 0 Å². The Labute approximate surface area is 292 Å². The van der Waals surface area contributed by atoms with Gasteiger partial charge in [-0.15, -0.1) is 11.8 Å². The predicted octanol–water partition coefficient (Wildman–Crippen LogP) is -0.725. The number of nitrogens with two attached hydrogens (primary N) is 1. The smallest absolute Gasteiger partial charge is 0.430 e. The molecular weight excluding hydrogens is 707 g/mol. The molecule has 4 heterocycles. The van der Waals surface area contributed by atoms with E-state index in [2.05, 4.69) is 27.7 Å². The standard InChI is InChI=1S/C28H35N7O6S2.C2HF3O2/c1-3-4-5-6-7-8-11-30-23(36)17-10-9-12-34(13-17)14-18-15-42-26-21(25(38)35(26)22(18)27(39)40)32-24(37)20(33-41-2)19-16-43-28(29)31-19;3-2(4,5)1(6)7/h9-10,12-13,16,21,26H,3-8,11,14-15H2,1-2H3,(H4-,29,30,31,32,36,37,39,40);(H,6,7)/b33-20-;/t21-,26-;/m1./s1. The number of carbonyl (C=O) groups is 5. The van der Waals surface area contributed by atoms with E-state index in [0.717, 1.165) is 24.2 Å². The van der Waals surface area contributed by atoms with E-state index in [0.29, 0.717) is 28.5 Å². The predicted molar refractivity (Wildman–Crippen MR) is 169 cm³/mol. The van der Waals surface area contributed by atoms with Gasteiger partial charge >= 0.3 is 11.3 Å². The van der Waals surface area contributed by atoms with Gasteiger partial charge in [0.15, 0.2) is 24.6 Å². The summed E-state index contributed by atoms with van der Waals surface area (Å²) in [5, 5.41) is 31.6. The van der Waals surface area contributed by atoms with Crippen molar-refractivity contribution >= 4 is 63.6 Å². The molecule has 0 aliphatic carbocycles. The number of anilines is 1. The summed E-state index contributed by atoms with van der Waals surface area (Å²) in [6, 6.07) is 2.44. The van der Waals surface area contributed by atoms with Gasteiger partial charge in [0.05, 0.1) is 11.7 Å². The van der Waals surface area contributed by atoms with Crippen molar-refractivity contribution in [1.29, 1.82) is 0 Å². The van der Waals surface area contributed by atoms with E-state index in [4.69, 9.17) is 20.5 Å². The van der Waals surface area contributed by atoms with Crippen LogP contribution in [0.2, 0.25) is 0 Å². The molecule has 2 aromatic rings. The molecule has 1 saturated heterocycles. The number of alkyl halides is 3. The highest BCUT2D eigenvalue weighted by Gasteiger charge is 2.53. The molecular formula is C30H36F3N7O8S2. The molecule has 3 amide bonds. The number of carbonyl (C=O) groups excluding carboxylic acids is 5. The number of unbranched alkanes of at least 4 members (excludes halogenated alkanes) is 5. The van der Waals surface area contributed by atoms with Crippen molar-refractivity contribution in [3.8, 4) is 0 Å². The fourth-order valence-corrected chi connectivity index (χ4v) is 6.84. The number of aromatic amines is 1. The van der Waals surface area contributed by atoms with Gasteiger partial charge in [0, 0.05) is 29.3 Å². The minimum absolute atomic E-state index is 0.105. The van der Waals surface area contributed by atoms with Crippen molar-refractivity contribution in [2.24, 2.45) is 5.16 Å². The van der Waals surface area contributed by atoms with E-state index in [1.54, 1.807) is 34.5 Å². The van der Waals surface area contributed by atoms with Gasteiger partial charge in [0.25, 0.3) is 17.7 Å². The van der Waals surface area contributed by atoms with Crippen LogP contribution in [0.5, 0.6) is 0 Å². The Morgan fingerprint density at radius 2 is 1.86 bits per heavy atom. The summed E-state index contributed by atoms with van der Waals surface area (Å²) in [6.07, 6.45) is 4.95. The number of oxime groups is 1. The molecule has 0 bridgehead atoms. The molecule has 0 saturated carbocycles. The number of β-lactam (4-membered cyclic amide) rings is 1. The summed E-state index contributed by atoms with van der Waals surface area (Å²) in [7, 11) is 1.28. The summed E-state index contributed by atoms with van der Waals surface area (Å²) >= 11 is 2.49. The molecule has 2 atom stereocenters. The number of aromatic nitrogens is 2. The minimum Gasteiger partial charge on any atom is -0.543 e. The SMILES string of the molecule is CCCCCCCCNC(=O)c1ccc[n+](CC2=C(C(=O)[O-])N3C(=O)[C@@H](NC(=O)/C(=N\OC)c4csc(N)[nH+]4)[C@H]3SC2)c1.O=C([O-])C(F)(F)F. The second-order valence-corrected chi connectivity index (χ2v) is 13.0. The number of H-pyrrole nitrogens is 1. The maximum atomic E-state index is 13.1. The van der Waals surface area contributed by atoms with Crippen LogP contribution in [0.3, 0.4) is 0 Å². The first-order chi connectivity index (χ1) is 23.7. The molecule has 1 fully saturated rings. The summed E-state index contributed by atoms with van der Waals surface area (Å²) in [5.41, 5.74) is 6.61. The molecule has 20 heteroatoms. The number of hydrogen-bond acceptors (Lipinski definition) is 12. The highest BCUT2D eigenvalue weighted by atomic mass is 32.2. The van der Waals surface area contributed by atoms with Crippen LogP contribution in [-0.2, 0) is 30.6 Å². The lowest BCUT2D eigenvalue weighted by Gasteiger charge is -2.50. The number of fused-ring (bicyclic) bond motifs is 1. The normalized spacial score (nSPS) is 17.2. The molecule has 15 nitrogen and oxygen atoms in total. The van der Waals surface area contributed by atoms with Crippen molar-refractivity contribution in [3.05, 3.63) is 52.4 Å². The Kier molecular flexibility index (Phi) is 14.6. The third-order valence-corrected chi connectivity index (χ3v) is 9.33. The highest BCUT2D eigenvalue weighted by molar-refractivity contribution is 8.00. The van der Waals surface area contributed by atoms with Crippen LogP contribution in [0.15, 0.2) is 46.3 Å². The molecule has 2 aliphatic rings. The summed E-state index contributed by atoms with van der Waals surface area (Å²) in [5.74, 6) is -5.68. The Bertz CT molecular complexity index is 1630. The van der Waals surface area contributed by atoms with Gasteiger partial charge in [-0.2, -0.15) is 13.2 Å². The third-order valence-electron chi connectivity index (χ3n) is 7.28. The van der Waals surface area contributed by atoms with E-state index in [-0.39, 0.29) is 29.6 Å². The zero-order chi connectivity index (χ0) is 37.0. The van der Waals surface area contributed by atoms with E-state index in [9.17, 15) is 37.5 Å². The Balaban J connectivity index is 0.000000872. The Morgan fingerprint density at radius 3 is 2.46 bits per heavy atom. The van der Waals surface area contributed by atoms with Crippen LogP contribution >= 0.6 is 23.1 Å². The fourth-order valence-electron chi connectivity index (χ4n) is 4.92. The Hall–Kier alpha value is -4.72. The first-order valence-corrected chi connectivity index (χ1v) is 17.2. The maximum absolute atomic E-state index is 13.1. The second kappa shape index (κ2) is 18.3.